The average Bonchev–Trinajstić information content (AvgIpc) is 3.21. The number of nitrogen functional groups attached to an aromatic ring is 1. The van der Waals surface area contributed by atoms with E-state index in [1.807, 2.05) is 76.2 Å². The molecule has 1 saturated heterocycles. The lowest BCUT2D eigenvalue weighted by atomic mass is 9.61. The summed E-state index contributed by atoms with van der Waals surface area (Å²) in [4.78, 5) is 18.4. The number of nitrogens with two attached hydrogens (primary N) is 1. The van der Waals surface area contributed by atoms with E-state index in [1.165, 1.54) is 5.56 Å². The highest BCUT2D eigenvalue weighted by atomic mass is 16.6. The fourth-order valence-electron chi connectivity index (χ4n) is 4.68. The van der Waals surface area contributed by atoms with Crippen molar-refractivity contribution in [2.45, 2.75) is 58.7 Å². The van der Waals surface area contributed by atoms with Crippen LogP contribution in [-0.4, -0.2) is 44.9 Å². The minimum Gasteiger partial charge on any atom is -0.444 e. The third-order valence-electron chi connectivity index (χ3n) is 6.57. The Kier molecular flexibility index (Phi) is 6.13. The smallest absolute Gasteiger partial charge is 0.410 e. The number of carbonyl (C=O) groups is 1. The van der Waals surface area contributed by atoms with Crippen LogP contribution in [0.1, 0.15) is 64.2 Å². The highest BCUT2D eigenvalue weighted by Crippen LogP contribution is 2.51. The van der Waals surface area contributed by atoms with E-state index in [4.69, 9.17) is 15.0 Å². The molecule has 0 aliphatic carbocycles. The van der Waals surface area contributed by atoms with Crippen LogP contribution >= 0.6 is 0 Å². The number of aliphatic hydroxyl groups is 1. The normalized spacial score (nSPS) is 17.1. The average molecular weight is 479 g/mol. The highest BCUT2D eigenvalue weighted by molar-refractivity contribution is 5.70. The third kappa shape index (κ3) is 4.62. The molecule has 8 heteroatoms. The van der Waals surface area contributed by atoms with Gasteiger partial charge in [-0.25, -0.2) is 4.79 Å². The molecule has 4 rings (SSSR count). The van der Waals surface area contributed by atoms with Crippen LogP contribution in [0, 0.1) is 5.41 Å². The van der Waals surface area contributed by atoms with Gasteiger partial charge in [0.2, 0.25) is 0 Å². The molecule has 1 aliphatic heterocycles. The minimum atomic E-state index is -1.40. The molecule has 1 amide bonds. The highest BCUT2D eigenvalue weighted by Gasteiger charge is 2.58. The lowest BCUT2D eigenvalue weighted by molar-refractivity contribution is -0.131. The van der Waals surface area contributed by atoms with Crippen molar-refractivity contribution in [1.29, 1.82) is 0 Å². The van der Waals surface area contributed by atoms with E-state index in [-0.39, 0.29) is 17.9 Å². The van der Waals surface area contributed by atoms with Gasteiger partial charge in [0.1, 0.15) is 11.2 Å². The molecule has 0 unspecified atom stereocenters. The first kappa shape index (κ1) is 24.7. The lowest BCUT2D eigenvalue weighted by Gasteiger charge is -2.56. The number of anilines is 1. The zero-order chi connectivity index (χ0) is 25.6. The van der Waals surface area contributed by atoms with Crippen LogP contribution in [0.25, 0.3) is 11.5 Å². The van der Waals surface area contributed by atoms with E-state index in [1.54, 1.807) is 4.90 Å². The van der Waals surface area contributed by atoms with E-state index in [2.05, 4.69) is 24.0 Å². The quantitative estimate of drug-likeness (QED) is 0.534. The third-order valence-corrected chi connectivity index (χ3v) is 6.57. The van der Waals surface area contributed by atoms with Gasteiger partial charge in [-0.2, -0.15) is 4.98 Å². The van der Waals surface area contributed by atoms with Crippen LogP contribution in [0.15, 0.2) is 53.1 Å². The van der Waals surface area contributed by atoms with Crippen molar-refractivity contribution in [2.75, 3.05) is 18.8 Å². The number of benzene rings is 2. The number of likely N-dealkylation sites (tertiary alicyclic amines) is 1. The van der Waals surface area contributed by atoms with Crippen molar-refractivity contribution < 1.29 is 19.2 Å². The number of amides is 1. The Labute approximate surface area is 206 Å². The van der Waals surface area contributed by atoms with Gasteiger partial charge in [0, 0.05) is 24.1 Å². The van der Waals surface area contributed by atoms with E-state index >= 15 is 0 Å². The van der Waals surface area contributed by atoms with Gasteiger partial charge in [0.25, 0.3) is 11.8 Å². The van der Waals surface area contributed by atoms with Crippen LogP contribution < -0.4 is 5.73 Å². The van der Waals surface area contributed by atoms with Crippen molar-refractivity contribution in [3.05, 3.63) is 65.2 Å². The van der Waals surface area contributed by atoms with Crippen molar-refractivity contribution in [3.8, 4) is 11.5 Å². The molecular weight excluding hydrogens is 444 g/mol. The number of ether oxygens (including phenoxy) is 1. The van der Waals surface area contributed by atoms with Gasteiger partial charge in [0.15, 0.2) is 0 Å². The molecule has 2 heterocycles. The molecule has 0 radical (unpaired) electrons. The summed E-state index contributed by atoms with van der Waals surface area (Å²) in [5.74, 6) is 0.685. The number of nitrogens with zero attached hydrogens (tertiary/aromatic N) is 3. The largest absolute Gasteiger partial charge is 0.444 e. The monoisotopic (exact) mass is 478 g/mol. The molecule has 3 N–H and O–H groups in total. The van der Waals surface area contributed by atoms with E-state index in [0.29, 0.717) is 30.1 Å². The molecule has 0 bridgehead atoms. The van der Waals surface area contributed by atoms with Gasteiger partial charge < -0.3 is 25.0 Å². The minimum absolute atomic E-state index is 0.0453. The fraction of sp³-hybridized carbons (Fsp3) is 0.444. The summed E-state index contributed by atoms with van der Waals surface area (Å²) in [6.07, 6.45) is -0.387. The maximum absolute atomic E-state index is 12.7. The van der Waals surface area contributed by atoms with E-state index in [0.717, 1.165) is 5.56 Å². The van der Waals surface area contributed by atoms with Crippen molar-refractivity contribution >= 4 is 12.0 Å². The van der Waals surface area contributed by atoms with E-state index in [9.17, 15) is 9.90 Å². The predicted molar refractivity (Wildman–Crippen MR) is 134 cm³/mol. The van der Waals surface area contributed by atoms with Crippen molar-refractivity contribution in [3.63, 3.8) is 0 Å². The Hall–Kier alpha value is -3.39. The maximum Gasteiger partial charge on any atom is 0.410 e. The number of carbonyl (C=O) groups excluding carboxylic acids is 1. The van der Waals surface area contributed by atoms with Crippen LogP contribution in [0.2, 0.25) is 0 Å². The zero-order valence-corrected chi connectivity index (χ0v) is 21.2. The molecule has 3 aromatic rings. The second-order valence-electron chi connectivity index (χ2n) is 10.9. The van der Waals surface area contributed by atoms with Crippen molar-refractivity contribution in [2.24, 2.45) is 5.41 Å². The molecule has 8 nitrogen and oxygen atoms in total. The Bertz CT molecular complexity index is 1210. The zero-order valence-electron chi connectivity index (χ0n) is 21.2. The second-order valence-corrected chi connectivity index (χ2v) is 10.9. The number of rotatable bonds is 5. The summed E-state index contributed by atoms with van der Waals surface area (Å²) < 4.78 is 10.8. The molecule has 1 aromatic heterocycles. The van der Waals surface area contributed by atoms with Crippen LogP contribution in [0.3, 0.4) is 0 Å². The van der Waals surface area contributed by atoms with Gasteiger partial charge >= 0.3 is 6.09 Å². The summed E-state index contributed by atoms with van der Waals surface area (Å²) in [5.41, 5.74) is 6.22. The van der Waals surface area contributed by atoms with Crippen molar-refractivity contribution in [1.82, 2.24) is 15.0 Å². The Morgan fingerprint density at radius 3 is 2.34 bits per heavy atom. The molecule has 1 aliphatic rings. The standard InChI is InChI=1S/C27H34N4O4/c1-17(2)18-10-12-20(13-11-18)27(33,26(6)15-31(16-26)24(32)34-25(3,4)5)21-9-7-8-19(14-21)22-29-23(28)30-35-22/h7-14,17,33H,15-16H2,1-6H3,(H2,28,30)/t27-/m0/s1. The summed E-state index contributed by atoms with van der Waals surface area (Å²) in [5, 5.41) is 16.2. The summed E-state index contributed by atoms with van der Waals surface area (Å²) in [7, 11) is 0. The number of hydrogen-bond donors (Lipinski definition) is 2. The molecule has 2 aromatic carbocycles. The fourth-order valence-corrected chi connectivity index (χ4v) is 4.68. The van der Waals surface area contributed by atoms with Gasteiger partial charge in [-0.05, 0) is 60.7 Å². The SMILES string of the molecule is CC(C)c1ccc([C@](O)(c2cccc(-c3nc(N)no3)c2)C2(C)CN(C(=O)OC(C)(C)C)C2)cc1. The maximum atomic E-state index is 12.7. The predicted octanol–water partition coefficient (Wildman–Crippen LogP) is 4.94. The van der Waals surface area contributed by atoms with Gasteiger partial charge in [-0.3, -0.25) is 0 Å². The van der Waals surface area contributed by atoms with Crippen LogP contribution in [0.4, 0.5) is 10.7 Å². The number of hydrogen-bond acceptors (Lipinski definition) is 7. The molecule has 0 spiro atoms. The Morgan fingerprint density at radius 1 is 1.14 bits per heavy atom. The first-order valence-corrected chi connectivity index (χ1v) is 11.8. The molecule has 1 atom stereocenters. The molecule has 35 heavy (non-hydrogen) atoms. The first-order chi connectivity index (χ1) is 16.3. The summed E-state index contributed by atoms with van der Waals surface area (Å²) >= 11 is 0. The number of aromatic nitrogens is 2. The van der Waals surface area contributed by atoms with Gasteiger partial charge in [0.05, 0.1) is 0 Å². The molecular formula is C27H34N4O4. The summed E-state index contributed by atoms with van der Waals surface area (Å²) in [6, 6.07) is 15.4. The van der Waals surface area contributed by atoms with Crippen LogP contribution in [-0.2, 0) is 10.3 Å². The van der Waals surface area contributed by atoms with E-state index < -0.39 is 16.6 Å². The molecule has 1 fully saturated rings. The van der Waals surface area contributed by atoms with Gasteiger partial charge in [-0.15, -0.1) is 0 Å². The topological polar surface area (TPSA) is 115 Å². The first-order valence-electron chi connectivity index (χ1n) is 11.8. The van der Waals surface area contributed by atoms with Crippen LogP contribution in [0.5, 0.6) is 0 Å². The molecule has 186 valence electrons. The summed E-state index contributed by atoms with van der Waals surface area (Å²) in [6.45, 7) is 12.4. The Balaban J connectivity index is 1.75. The Morgan fingerprint density at radius 2 is 1.80 bits per heavy atom. The molecule has 0 saturated carbocycles. The lowest BCUT2D eigenvalue weighted by Crippen LogP contribution is -2.66. The van der Waals surface area contributed by atoms with Gasteiger partial charge in [-0.1, -0.05) is 57.2 Å². The second kappa shape index (κ2) is 8.68.